The van der Waals surface area contributed by atoms with Gasteiger partial charge in [0, 0.05) is 19.1 Å². The number of carbonyl (C=O) groups is 1. The summed E-state index contributed by atoms with van der Waals surface area (Å²) >= 11 is 0. The summed E-state index contributed by atoms with van der Waals surface area (Å²) in [6.45, 7) is 6.21. The SMILES string of the molecule is CC(OCC1CCCN1)C(=O)N1CCOCC1. The van der Waals surface area contributed by atoms with Crippen molar-refractivity contribution in [1.82, 2.24) is 10.2 Å². The molecule has 2 heterocycles. The second-order valence-electron chi connectivity index (χ2n) is 4.71. The van der Waals surface area contributed by atoms with Crippen molar-refractivity contribution in [1.29, 1.82) is 0 Å². The molecule has 2 atom stereocenters. The summed E-state index contributed by atoms with van der Waals surface area (Å²) in [6, 6.07) is 0.426. The normalized spacial score (nSPS) is 27.1. The molecule has 5 heteroatoms. The highest BCUT2D eigenvalue weighted by atomic mass is 16.5. The summed E-state index contributed by atoms with van der Waals surface area (Å²) < 4.78 is 10.9. The Morgan fingerprint density at radius 1 is 1.53 bits per heavy atom. The highest BCUT2D eigenvalue weighted by Gasteiger charge is 2.24. The van der Waals surface area contributed by atoms with Crippen LogP contribution in [0.1, 0.15) is 19.8 Å². The number of ether oxygens (including phenoxy) is 2. The maximum absolute atomic E-state index is 12.0. The highest BCUT2D eigenvalue weighted by molar-refractivity contribution is 5.80. The first-order chi connectivity index (χ1) is 8.27. The molecule has 98 valence electrons. The number of hydrogen-bond donors (Lipinski definition) is 1. The van der Waals surface area contributed by atoms with Gasteiger partial charge in [0.1, 0.15) is 6.10 Å². The predicted octanol–water partition coefficient (Wildman–Crippen LogP) is 0.00230. The van der Waals surface area contributed by atoms with Crippen LogP contribution in [0.15, 0.2) is 0 Å². The van der Waals surface area contributed by atoms with Crippen molar-refractivity contribution in [3.63, 3.8) is 0 Å². The van der Waals surface area contributed by atoms with Crippen LogP contribution < -0.4 is 5.32 Å². The van der Waals surface area contributed by atoms with Crippen LogP contribution in [0.3, 0.4) is 0 Å². The molecule has 0 spiro atoms. The van der Waals surface area contributed by atoms with Gasteiger partial charge in [0.2, 0.25) is 0 Å². The van der Waals surface area contributed by atoms with Gasteiger partial charge in [-0.3, -0.25) is 4.79 Å². The summed E-state index contributed by atoms with van der Waals surface area (Å²) in [5, 5.41) is 3.36. The Bertz CT molecular complexity index is 248. The Kier molecular flexibility index (Phi) is 4.76. The van der Waals surface area contributed by atoms with E-state index in [1.165, 1.54) is 6.42 Å². The lowest BCUT2D eigenvalue weighted by Gasteiger charge is -2.29. The van der Waals surface area contributed by atoms with Crippen LogP contribution >= 0.6 is 0 Å². The van der Waals surface area contributed by atoms with Crippen molar-refractivity contribution in [2.75, 3.05) is 39.5 Å². The standard InChI is InChI=1S/C12H22N2O3/c1-10(17-9-11-3-2-4-13-11)12(15)14-5-7-16-8-6-14/h10-11,13H,2-9H2,1H3. The van der Waals surface area contributed by atoms with Crippen molar-refractivity contribution in [2.45, 2.75) is 31.9 Å². The highest BCUT2D eigenvalue weighted by Crippen LogP contribution is 2.08. The van der Waals surface area contributed by atoms with Gasteiger partial charge in [-0.15, -0.1) is 0 Å². The van der Waals surface area contributed by atoms with Gasteiger partial charge >= 0.3 is 0 Å². The van der Waals surface area contributed by atoms with E-state index >= 15 is 0 Å². The molecular formula is C12H22N2O3. The second-order valence-corrected chi connectivity index (χ2v) is 4.71. The zero-order chi connectivity index (χ0) is 12.1. The fourth-order valence-corrected chi connectivity index (χ4v) is 2.27. The predicted molar refractivity (Wildman–Crippen MR) is 63.8 cm³/mol. The summed E-state index contributed by atoms with van der Waals surface area (Å²) in [7, 11) is 0. The van der Waals surface area contributed by atoms with Gasteiger partial charge in [-0.1, -0.05) is 0 Å². The van der Waals surface area contributed by atoms with Crippen LogP contribution in [0.4, 0.5) is 0 Å². The average molecular weight is 242 g/mol. The van der Waals surface area contributed by atoms with Crippen molar-refractivity contribution in [3.05, 3.63) is 0 Å². The first-order valence-electron chi connectivity index (χ1n) is 6.49. The largest absolute Gasteiger partial charge is 0.378 e. The van der Waals surface area contributed by atoms with Crippen LogP contribution in [0.25, 0.3) is 0 Å². The van der Waals surface area contributed by atoms with Crippen molar-refractivity contribution < 1.29 is 14.3 Å². The van der Waals surface area contributed by atoms with Gasteiger partial charge in [0.05, 0.1) is 19.8 Å². The molecule has 2 saturated heterocycles. The van der Waals surface area contributed by atoms with Crippen LogP contribution in [-0.4, -0.2) is 62.4 Å². The molecule has 17 heavy (non-hydrogen) atoms. The smallest absolute Gasteiger partial charge is 0.251 e. The van der Waals surface area contributed by atoms with E-state index in [2.05, 4.69) is 5.32 Å². The van der Waals surface area contributed by atoms with E-state index in [4.69, 9.17) is 9.47 Å². The molecule has 2 unspecified atom stereocenters. The minimum Gasteiger partial charge on any atom is -0.378 e. The summed E-state index contributed by atoms with van der Waals surface area (Å²) in [5.74, 6) is 0.0892. The molecule has 0 aromatic rings. The molecule has 2 fully saturated rings. The number of carbonyl (C=O) groups excluding carboxylic acids is 1. The van der Waals surface area contributed by atoms with E-state index < -0.39 is 0 Å². The summed E-state index contributed by atoms with van der Waals surface area (Å²) in [4.78, 5) is 13.9. The molecule has 5 nitrogen and oxygen atoms in total. The number of hydrogen-bond acceptors (Lipinski definition) is 4. The summed E-state index contributed by atoms with van der Waals surface area (Å²) in [6.07, 6.45) is 2.02. The monoisotopic (exact) mass is 242 g/mol. The Balaban J connectivity index is 1.70. The quantitative estimate of drug-likeness (QED) is 0.754. The number of rotatable bonds is 4. The van der Waals surface area contributed by atoms with Crippen LogP contribution in [0.5, 0.6) is 0 Å². The fraction of sp³-hybridized carbons (Fsp3) is 0.917. The lowest BCUT2D eigenvalue weighted by Crippen LogP contribution is -2.46. The van der Waals surface area contributed by atoms with E-state index in [1.54, 1.807) is 0 Å². The van der Waals surface area contributed by atoms with E-state index in [1.807, 2.05) is 11.8 Å². The first kappa shape index (κ1) is 12.8. The minimum absolute atomic E-state index is 0.0892. The van der Waals surface area contributed by atoms with Crippen molar-refractivity contribution in [3.8, 4) is 0 Å². The Labute approximate surface area is 102 Å². The van der Waals surface area contributed by atoms with Gasteiger partial charge in [0.15, 0.2) is 0 Å². The van der Waals surface area contributed by atoms with E-state index in [9.17, 15) is 4.79 Å². The molecular weight excluding hydrogens is 220 g/mol. The number of nitrogens with zero attached hydrogens (tertiary/aromatic N) is 1. The third-order valence-corrected chi connectivity index (χ3v) is 3.38. The van der Waals surface area contributed by atoms with Gasteiger partial charge in [-0.2, -0.15) is 0 Å². The second kappa shape index (κ2) is 6.33. The maximum atomic E-state index is 12.0. The van der Waals surface area contributed by atoms with Gasteiger partial charge in [-0.05, 0) is 26.3 Å². The van der Waals surface area contributed by atoms with Gasteiger partial charge < -0.3 is 19.7 Å². The molecule has 1 N–H and O–H groups in total. The third-order valence-electron chi connectivity index (χ3n) is 3.38. The molecule has 0 radical (unpaired) electrons. The first-order valence-corrected chi connectivity index (χ1v) is 6.49. The van der Waals surface area contributed by atoms with E-state index in [0.717, 1.165) is 13.0 Å². The van der Waals surface area contributed by atoms with Crippen molar-refractivity contribution in [2.24, 2.45) is 0 Å². The zero-order valence-corrected chi connectivity index (χ0v) is 10.5. The molecule has 2 aliphatic rings. The van der Waals surface area contributed by atoms with Crippen LogP contribution in [-0.2, 0) is 14.3 Å². The Hall–Kier alpha value is -0.650. The maximum Gasteiger partial charge on any atom is 0.251 e. The molecule has 2 aliphatic heterocycles. The number of nitrogens with one attached hydrogen (secondary N) is 1. The molecule has 0 aliphatic carbocycles. The lowest BCUT2D eigenvalue weighted by atomic mass is 10.2. The van der Waals surface area contributed by atoms with Gasteiger partial charge in [0.25, 0.3) is 5.91 Å². The number of amides is 1. The topological polar surface area (TPSA) is 50.8 Å². The van der Waals surface area contributed by atoms with Crippen LogP contribution in [0, 0.1) is 0 Å². The fourth-order valence-electron chi connectivity index (χ4n) is 2.27. The Morgan fingerprint density at radius 3 is 2.94 bits per heavy atom. The molecule has 0 saturated carbocycles. The Morgan fingerprint density at radius 2 is 2.29 bits per heavy atom. The zero-order valence-electron chi connectivity index (χ0n) is 10.5. The lowest BCUT2D eigenvalue weighted by molar-refractivity contribution is -0.147. The molecule has 0 aromatic heterocycles. The number of morpholine rings is 1. The molecule has 2 rings (SSSR count). The van der Waals surface area contributed by atoms with Crippen LogP contribution in [0.2, 0.25) is 0 Å². The third kappa shape index (κ3) is 3.66. The van der Waals surface area contributed by atoms with E-state index in [0.29, 0.717) is 39.0 Å². The van der Waals surface area contributed by atoms with Crippen molar-refractivity contribution >= 4 is 5.91 Å². The van der Waals surface area contributed by atoms with E-state index in [-0.39, 0.29) is 12.0 Å². The molecule has 0 bridgehead atoms. The van der Waals surface area contributed by atoms with Gasteiger partial charge in [-0.25, -0.2) is 0 Å². The minimum atomic E-state index is -0.338. The molecule has 0 aromatic carbocycles. The average Bonchev–Trinajstić information content (AvgIpc) is 2.89. The summed E-state index contributed by atoms with van der Waals surface area (Å²) in [5.41, 5.74) is 0. The molecule has 1 amide bonds.